The zero-order chi connectivity index (χ0) is 14.6. The van der Waals surface area contributed by atoms with Crippen molar-refractivity contribution in [1.82, 2.24) is 14.2 Å². The molecule has 20 heavy (non-hydrogen) atoms. The van der Waals surface area contributed by atoms with Gasteiger partial charge < -0.3 is 4.90 Å². The van der Waals surface area contributed by atoms with Gasteiger partial charge in [0.1, 0.15) is 16.7 Å². The van der Waals surface area contributed by atoms with Crippen LogP contribution in [-0.2, 0) is 10.0 Å². The molecular formula is C13H18N4O2S. The molecular weight excluding hydrogens is 276 g/mol. The third-order valence-corrected chi connectivity index (χ3v) is 5.33. The first-order valence-electron chi connectivity index (χ1n) is 6.59. The number of nitriles is 1. The fourth-order valence-corrected chi connectivity index (χ4v) is 3.30. The predicted molar refractivity (Wildman–Crippen MR) is 74.4 cm³/mol. The molecule has 0 bridgehead atoms. The van der Waals surface area contributed by atoms with Gasteiger partial charge in [0.25, 0.3) is 0 Å². The van der Waals surface area contributed by atoms with Crippen molar-refractivity contribution in [1.29, 1.82) is 5.26 Å². The van der Waals surface area contributed by atoms with E-state index in [0.29, 0.717) is 6.54 Å². The molecule has 7 heteroatoms. The SMILES string of the molecule is CN(CCN1CCCC1)S(=O)(=O)c1ccc(C#N)nc1. The molecule has 2 rings (SSSR count). The summed E-state index contributed by atoms with van der Waals surface area (Å²) in [6.45, 7) is 3.31. The predicted octanol–water partition coefficient (Wildman–Crippen LogP) is 0.670. The molecule has 0 amide bonds. The maximum absolute atomic E-state index is 12.3. The van der Waals surface area contributed by atoms with Gasteiger partial charge in [-0.1, -0.05) is 0 Å². The minimum atomic E-state index is -3.52. The van der Waals surface area contributed by atoms with E-state index in [4.69, 9.17) is 5.26 Å². The average Bonchev–Trinajstić information content (AvgIpc) is 2.98. The highest BCUT2D eigenvalue weighted by molar-refractivity contribution is 7.89. The largest absolute Gasteiger partial charge is 0.302 e. The van der Waals surface area contributed by atoms with Crippen LogP contribution < -0.4 is 0 Å². The Hall–Kier alpha value is -1.49. The maximum Gasteiger partial charge on any atom is 0.244 e. The molecule has 0 saturated carbocycles. The normalized spacial score (nSPS) is 16.4. The summed E-state index contributed by atoms with van der Waals surface area (Å²) in [7, 11) is -1.95. The summed E-state index contributed by atoms with van der Waals surface area (Å²) in [5.74, 6) is 0. The van der Waals surface area contributed by atoms with Gasteiger partial charge in [-0.2, -0.15) is 9.57 Å². The molecule has 0 aromatic carbocycles. The number of aromatic nitrogens is 1. The lowest BCUT2D eigenvalue weighted by atomic mass is 10.4. The Morgan fingerprint density at radius 1 is 1.40 bits per heavy atom. The second-order valence-corrected chi connectivity index (χ2v) is 6.91. The molecule has 1 aromatic rings. The van der Waals surface area contributed by atoms with Crippen molar-refractivity contribution in [3.63, 3.8) is 0 Å². The molecule has 1 aliphatic heterocycles. The van der Waals surface area contributed by atoms with E-state index < -0.39 is 10.0 Å². The average molecular weight is 294 g/mol. The molecule has 1 aromatic heterocycles. The molecule has 1 fully saturated rings. The Morgan fingerprint density at radius 2 is 2.10 bits per heavy atom. The summed E-state index contributed by atoms with van der Waals surface area (Å²) in [6.07, 6.45) is 3.62. The number of rotatable bonds is 5. The highest BCUT2D eigenvalue weighted by atomic mass is 32.2. The summed E-state index contributed by atoms with van der Waals surface area (Å²) < 4.78 is 26.0. The molecule has 0 radical (unpaired) electrons. The molecule has 0 atom stereocenters. The van der Waals surface area contributed by atoms with Crippen LogP contribution in [0.2, 0.25) is 0 Å². The van der Waals surface area contributed by atoms with E-state index in [9.17, 15) is 8.42 Å². The van der Waals surface area contributed by atoms with Crippen molar-refractivity contribution in [2.24, 2.45) is 0 Å². The summed E-state index contributed by atoms with van der Waals surface area (Å²) in [5, 5.41) is 8.67. The third-order valence-electron chi connectivity index (χ3n) is 3.49. The smallest absolute Gasteiger partial charge is 0.244 e. The van der Waals surface area contributed by atoms with Crippen LogP contribution in [0.4, 0.5) is 0 Å². The van der Waals surface area contributed by atoms with E-state index in [2.05, 4.69) is 9.88 Å². The van der Waals surface area contributed by atoms with Crippen LogP contribution >= 0.6 is 0 Å². The van der Waals surface area contributed by atoms with Crippen molar-refractivity contribution in [2.75, 3.05) is 33.2 Å². The van der Waals surface area contributed by atoms with E-state index in [0.717, 1.165) is 19.6 Å². The summed E-state index contributed by atoms with van der Waals surface area (Å²) in [5.41, 5.74) is 0.212. The van der Waals surface area contributed by atoms with Gasteiger partial charge >= 0.3 is 0 Å². The zero-order valence-electron chi connectivity index (χ0n) is 11.5. The topological polar surface area (TPSA) is 77.3 Å². The van der Waals surface area contributed by atoms with Gasteiger partial charge in [0.2, 0.25) is 10.0 Å². The Labute approximate surface area is 119 Å². The Balaban J connectivity index is 2.02. The van der Waals surface area contributed by atoms with E-state index in [1.165, 1.54) is 35.5 Å². The van der Waals surface area contributed by atoms with Gasteiger partial charge in [-0.05, 0) is 38.1 Å². The zero-order valence-corrected chi connectivity index (χ0v) is 12.3. The molecule has 0 N–H and O–H groups in total. The number of pyridine rings is 1. The van der Waals surface area contributed by atoms with Gasteiger partial charge in [0.05, 0.1) is 0 Å². The van der Waals surface area contributed by atoms with Crippen LogP contribution in [0, 0.1) is 11.3 Å². The van der Waals surface area contributed by atoms with Gasteiger partial charge in [-0.3, -0.25) is 0 Å². The fourth-order valence-electron chi connectivity index (χ4n) is 2.19. The standard InChI is InChI=1S/C13H18N4O2S/c1-16(8-9-17-6-2-3-7-17)20(18,19)13-5-4-12(10-14)15-11-13/h4-5,11H,2-3,6-9H2,1H3. The van der Waals surface area contributed by atoms with Gasteiger partial charge in [0, 0.05) is 26.3 Å². The maximum atomic E-state index is 12.3. The lowest BCUT2D eigenvalue weighted by Crippen LogP contribution is -2.35. The number of hydrogen-bond acceptors (Lipinski definition) is 5. The first kappa shape index (κ1) is 14.9. The Kier molecular flexibility index (Phi) is 4.70. The summed E-state index contributed by atoms with van der Waals surface area (Å²) in [4.78, 5) is 6.20. The molecule has 108 valence electrons. The second kappa shape index (κ2) is 6.31. The van der Waals surface area contributed by atoms with Gasteiger partial charge in [0.15, 0.2) is 0 Å². The molecule has 0 aliphatic carbocycles. The number of likely N-dealkylation sites (N-methyl/N-ethyl adjacent to an activating group) is 1. The van der Waals surface area contributed by atoms with Crippen LogP contribution in [-0.4, -0.2) is 55.8 Å². The fraction of sp³-hybridized carbons (Fsp3) is 0.538. The first-order valence-corrected chi connectivity index (χ1v) is 8.03. The minimum absolute atomic E-state index is 0.125. The van der Waals surface area contributed by atoms with Crippen molar-refractivity contribution >= 4 is 10.0 Å². The molecule has 0 spiro atoms. The molecule has 1 saturated heterocycles. The Morgan fingerprint density at radius 3 is 2.65 bits per heavy atom. The summed E-state index contributed by atoms with van der Waals surface area (Å²) >= 11 is 0. The number of hydrogen-bond donors (Lipinski definition) is 0. The molecule has 0 unspecified atom stereocenters. The van der Waals surface area contributed by atoms with Crippen LogP contribution in [0.1, 0.15) is 18.5 Å². The molecule has 1 aliphatic rings. The molecule has 2 heterocycles. The van der Waals surface area contributed by atoms with Crippen molar-refractivity contribution in [3.05, 3.63) is 24.0 Å². The van der Waals surface area contributed by atoms with Crippen molar-refractivity contribution in [2.45, 2.75) is 17.7 Å². The second-order valence-electron chi connectivity index (χ2n) is 4.87. The quantitative estimate of drug-likeness (QED) is 0.797. The van der Waals surface area contributed by atoms with Gasteiger partial charge in [-0.25, -0.2) is 13.4 Å². The van der Waals surface area contributed by atoms with Crippen molar-refractivity contribution in [3.8, 4) is 6.07 Å². The van der Waals surface area contributed by atoms with Crippen LogP contribution in [0.3, 0.4) is 0 Å². The summed E-state index contributed by atoms with van der Waals surface area (Å²) in [6, 6.07) is 4.71. The first-order chi connectivity index (χ1) is 9.54. The van der Waals surface area contributed by atoms with Crippen LogP contribution in [0.25, 0.3) is 0 Å². The monoisotopic (exact) mass is 294 g/mol. The van der Waals surface area contributed by atoms with E-state index in [1.54, 1.807) is 7.05 Å². The lowest BCUT2D eigenvalue weighted by Gasteiger charge is -2.21. The Bertz CT molecular complexity index is 586. The lowest BCUT2D eigenvalue weighted by molar-refractivity contribution is 0.310. The van der Waals surface area contributed by atoms with E-state index >= 15 is 0 Å². The van der Waals surface area contributed by atoms with Crippen LogP contribution in [0.15, 0.2) is 23.2 Å². The minimum Gasteiger partial charge on any atom is -0.302 e. The highest BCUT2D eigenvalue weighted by Gasteiger charge is 2.22. The van der Waals surface area contributed by atoms with Gasteiger partial charge in [-0.15, -0.1) is 0 Å². The number of sulfonamides is 1. The molecule has 6 nitrogen and oxygen atoms in total. The van der Waals surface area contributed by atoms with Crippen molar-refractivity contribution < 1.29 is 8.42 Å². The van der Waals surface area contributed by atoms with E-state index in [1.807, 2.05) is 6.07 Å². The number of nitrogens with zero attached hydrogens (tertiary/aromatic N) is 4. The highest BCUT2D eigenvalue weighted by Crippen LogP contribution is 2.14. The van der Waals surface area contributed by atoms with E-state index in [-0.39, 0.29) is 10.6 Å². The van der Waals surface area contributed by atoms with Crippen LogP contribution in [0.5, 0.6) is 0 Å². The third kappa shape index (κ3) is 3.33. The number of likely N-dealkylation sites (tertiary alicyclic amines) is 1.